The Morgan fingerprint density at radius 1 is 0.500 bits per heavy atom. The maximum Gasteiger partial charge on any atom is 0.569 e. The Morgan fingerprint density at radius 3 is 1.21 bits per heavy atom. The van der Waals surface area contributed by atoms with Gasteiger partial charge in [0.25, 0.3) is 0 Å². The summed E-state index contributed by atoms with van der Waals surface area (Å²) in [6.07, 6.45) is 24.8. The summed E-state index contributed by atoms with van der Waals surface area (Å²) in [4.78, 5) is 13.0. The zero-order valence-corrected chi connectivity index (χ0v) is 33.7. The smallest absolute Gasteiger partial charge is 0.569 e. The summed E-state index contributed by atoms with van der Waals surface area (Å²) in [5.74, 6) is 1.75. The minimum atomic E-state index is -2.79. The molecule has 0 spiro atoms. The van der Waals surface area contributed by atoms with Crippen LogP contribution in [0.5, 0.6) is 0 Å². The predicted molar refractivity (Wildman–Crippen MR) is 197 cm³/mol. The topological polar surface area (TPSA) is 74.1 Å². The third kappa shape index (κ3) is 11.7. The molecule has 5 rings (SSSR count). The quantitative estimate of drug-likeness (QED) is 0.0990. The molecule has 0 aromatic carbocycles. The molecule has 0 aliphatic carbocycles. The highest BCUT2D eigenvalue weighted by atomic mass is 35.5. The Balaban J connectivity index is 0.00000364. The molecular weight excluding hydrogens is 709 g/mol. The summed E-state index contributed by atoms with van der Waals surface area (Å²) in [6, 6.07) is 22.2. The van der Waals surface area contributed by atoms with Crippen LogP contribution in [0.3, 0.4) is 0 Å². The van der Waals surface area contributed by atoms with Crippen molar-refractivity contribution in [3.05, 3.63) is 150 Å². The Hall–Kier alpha value is -3.57. The Bertz CT molecular complexity index is 1700. The average molecular weight is 763 g/mol. The summed E-state index contributed by atoms with van der Waals surface area (Å²) in [6.45, 7) is 4.69. The molecule has 0 saturated heterocycles. The molecule has 0 N–H and O–H groups in total. The predicted octanol–water partition coefficient (Wildman–Crippen LogP) is 1.23. The number of rotatable bonds is 18. The fraction of sp³-hybridized carbons (Fsp3) is 0.390. The first-order valence-electron chi connectivity index (χ1n) is 17.6. The van der Waals surface area contributed by atoms with Crippen LogP contribution in [0.4, 0.5) is 0 Å². The molecule has 8 nitrogen and oxygen atoms in total. The fourth-order valence-corrected chi connectivity index (χ4v) is 8.78. The zero-order chi connectivity index (χ0) is 35.3. The number of pyridine rings is 5. The van der Waals surface area contributed by atoms with E-state index in [4.69, 9.17) is 13.3 Å². The van der Waals surface area contributed by atoms with Crippen molar-refractivity contribution in [3.8, 4) is 0 Å². The van der Waals surface area contributed by atoms with E-state index in [9.17, 15) is 0 Å². The Kier molecular flexibility index (Phi) is 17.5. The summed E-state index contributed by atoms with van der Waals surface area (Å²) >= 11 is 0. The normalized spacial score (nSPS) is 14.3. The van der Waals surface area contributed by atoms with Gasteiger partial charge in [-0.25, -0.2) is 9.13 Å². The molecule has 5 aromatic rings. The van der Waals surface area contributed by atoms with Gasteiger partial charge in [0.15, 0.2) is 24.8 Å². The second-order valence-electron chi connectivity index (χ2n) is 13.6. The van der Waals surface area contributed by atoms with Crippen LogP contribution in [0.1, 0.15) is 96.9 Å². The molecule has 0 saturated carbocycles. The Morgan fingerprint density at radius 2 is 0.827 bits per heavy atom. The van der Waals surface area contributed by atoms with E-state index in [0.29, 0.717) is 35.8 Å². The van der Waals surface area contributed by atoms with E-state index in [1.807, 2.05) is 37.2 Å². The van der Waals surface area contributed by atoms with Crippen LogP contribution < -0.4 is 33.9 Å². The number of hydrogen-bond donors (Lipinski definition) is 0. The van der Waals surface area contributed by atoms with Crippen molar-refractivity contribution in [1.82, 2.24) is 15.0 Å². The highest BCUT2D eigenvalue weighted by molar-refractivity contribution is 6.58. The first-order valence-corrected chi connectivity index (χ1v) is 19.6. The SMILES string of the molecule is CO[Si](C[n+]1ccc(C(CC(C)c2ccncc2)CC(CC(CC(C)c2ccncc2)c2cc[n+](C)cc2)c2ccncc2)cc1)(OC)OC.[Cl-].[Cl-]. The van der Waals surface area contributed by atoms with Gasteiger partial charge in [0, 0.05) is 82.8 Å². The van der Waals surface area contributed by atoms with Gasteiger partial charge in [0.2, 0.25) is 6.17 Å². The molecule has 0 aliphatic heterocycles. The van der Waals surface area contributed by atoms with Gasteiger partial charge in [-0.05, 0) is 119 Å². The molecule has 0 bridgehead atoms. The van der Waals surface area contributed by atoms with Crippen LogP contribution in [0.2, 0.25) is 0 Å². The first-order chi connectivity index (χ1) is 24.3. The summed E-state index contributed by atoms with van der Waals surface area (Å²) in [7, 11) is 4.26. The van der Waals surface area contributed by atoms with Crippen LogP contribution in [0.15, 0.2) is 123 Å². The van der Waals surface area contributed by atoms with Crippen molar-refractivity contribution < 1.29 is 47.2 Å². The van der Waals surface area contributed by atoms with Gasteiger partial charge in [-0.15, -0.1) is 0 Å². The molecule has 0 amide bonds. The molecule has 0 radical (unpaired) electrons. The minimum absolute atomic E-state index is 0. The lowest BCUT2D eigenvalue weighted by Gasteiger charge is -2.30. The summed E-state index contributed by atoms with van der Waals surface area (Å²) in [5, 5.41) is 0. The maximum atomic E-state index is 5.72. The van der Waals surface area contributed by atoms with E-state index in [1.165, 1.54) is 27.8 Å². The molecular formula is C41H53Cl2N5O3Si. The van der Waals surface area contributed by atoms with Crippen LogP contribution in [0, 0.1) is 0 Å². The van der Waals surface area contributed by atoms with Gasteiger partial charge in [-0.1, -0.05) is 13.8 Å². The lowest BCUT2D eigenvalue weighted by molar-refractivity contribution is -0.685. The molecule has 5 heterocycles. The lowest BCUT2D eigenvalue weighted by atomic mass is 9.74. The van der Waals surface area contributed by atoms with E-state index in [1.54, 1.807) is 21.3 Å². The van der Waals surface area contributed by atoms with Crippen molar-refractivity contribution in [2.24, 2.45) is 7.05 Å². The zero-order valence-electron chi connectivity index (χ0n) is 31.2. The van der Waals surface area contributed by atoms with Gasteiger partial charge in [0.05, 0.1) is 0 Å². The monoisotopic (exact) mass is 761 g/mol. The van der Waals surface area contributed by atoms with Crippen molar-refractivity contribution in [1.29, 1.82) is 0 Å². The second kappa shape index (κ2) is 21.2. The van der Waals surface area contributed by atoms with Gasteiger partial charge in [0.1, 0.15) is 7.05 Å². The third-order valence-electron chi connectivity index (χ3n) is 10.3. The highest BCUT2D eigenvalue weighted by Gasteiger charge is 2.43. The molecule has 52 heavy (non-hydrogen) atoms. The Labute approximate surface area is 323 Å². The second-order valence-corrected chi connectivity index (χ2v) is 16.5. The van der Waals surface area contributed by atoms with E-state index < -0.39 is 8.80 Å². The number of halogens is 2. The maximum absolute atomic E-state index is 5.72. The van der Waals surface area contributed by atoms with Crippen molar-refractivity contribution >= 4 is 8.80 Å². The fourth-order valence-electron chi connectivity index (χ4n) is 7.24. The van der Waals surface area contributed by atoms with Crippen LogP contribution in [0.25, 0.3) is 0 Å². The van der Waals surface area contributed by atoms with Crippen LogP contribution in [-0.2, 0) is 26.5 Å². The number of aromatic nitrogens is 5. The van der Waals surface area contributed by atoms with Gasteiger partial charge < -0.3 is 38.1 Å². The van der Waals surface area contributed by atoms with E-state index in [2.05, 4.69) is 130 Å². The minimum Gasteiger partial charge on any atom is -1.00 e. The first kappa shape index (κ1) is 42.8. The van der Waals surface area contributed by atoms with E-state index >= 15 is 0 Å². The number of aryl methyl sites for hydroxylation is 1. The summed E-state index contributed by atoms with van der Waals surface area (Å²) in [5.41, 5.74) is 6.69. The third-order valence-corrected chi connectivity index (χ3v) is 12.9. The number of hydrogen-bond acceptors (Lipinski definition) is 6. The highest BCUT2D eigenvalue weighted by Crippen LogP contribution is 2.43. The van der Waals surface area contributed by atoms with E-state index in [-0.39, 0.29) is 24.8 Å². The van der Waals surface area contributed by atoms with Crippen molar-refractivity contribution in [3.63, 3.8) is 0 Å². The lowest BCUT2D eigenvalue weighted by Crippen LogP contribution is -3.00. The molecule has 0 fully saturated rings. The molecule has 5 atom stereocenters. The molecule has 5 aromatic heterocycles. The van der Waals surface area contributed by atoms with E-state index in [0.717, 1.165) is 25.7 Å². The van der Waals surface area contributed by atoms with Crippen molar-refractivity contribution in [2.45, 2.75) is 75.3 Å². The van der Waals surface area contributed by atoms with Gasteiger partial charge in [-0.3, -0.25) is 15.0 Å². The average Bonchev–Trinajstić information content (AvgIpc) is 3.17. The van der Waals surface area contributed by atoms with Crippen LogP contribution in [-0.4, -0.2) is 45.1 Å². The molecule has 0 aliphatic rings. The van der Waals surface area contributed by atoms with Gasteiger partial charge in [-0.2, -0.15) is 0 Å². The molecule has 11 heteroatoms. The standard InChI is InChI=1S/C41H53N5O3Si.2ClH/c1-32(34-7-17-42-18-8-34)27-39(37-13-23-45(3)24-14-37)29-41(36-11-21-44-22-12-36)30-40(28-33(2)35-9-19-43-20-10-35)38-15-25-46(26-16-38)31-50(47-4,48-5)49-6;;/h7-26,32-33,39-41H,27-31H2,1-6H3;2*1H/q+2;;/p-2. The number of nitrogens with zero attached hydrogens (tertiary/aromatic N) is 5. The van der Waals surface area contributed by atoms with Crippen molar-refractivity contribution in [2.75, 3.05) is 21.3 Å². The van der Waals surface area contributed by atoms with Crippen LogP contribution >= 0.6 is 0 Å². The summed E-state index contributed by atoms with van der Waals surface area (Å²) < 4.78 is 21.4. The largest absolute Gasteiger partial charge is 1.00 e. The van der Waals surface area contributed by atoms with Gasteiger partial charge >= 0.3 is 8.80 Å². The molecule has 278 valence electrons. The molecule has 5 unspecified atom stereocenters.